The third-order valence-electron chi connectivity index (χ3n) is 5.50. The van der Waals surface area contributed by atoms with Gasteiger partial charge in [-0.25, -0.2) is 0 Å². The minimum atomic E-state index is -0.361. The molecule has 1 aliphatic heterocycles. The van der Waals surface area contributed by atoms with E-state index >= 15 is 0 Å². The fourth-order valence-electron chi connectivity index (χ4n) is 3.92. The maximum Gasteiger partial charge on any atom is 0.226 e. The maximum absolute atomic E-state index is 13.0. The van der Waals surface area contributed by atoms with Gasteiger partial charge in [0.25, 0.3) is 0 Å². The van der Waals surface area contributed by atoms with E-state index in [1.165, 1.54) is 0 Å². The average Bonchev–Trinajstić information content (AvgIpc) is 2.58. The SMILES string of the molecule is CN(CCN1CCNCC1)C(=O)[C@H]1CCCC[C@H]1C(=O)C(C)(C)C. The second-order valence-corrected chi connectivity index (χ2v) is 8.46. The zero-order valence-corrected chi connectivity index (χ0v) is 15.9. The molecule has 0 aromatic heterocycles. The van der Waals surface area contributed by atoms with Crippen molar-refractivity contribution in [3.8, 4) is 0 Å². The Balaban J connectivity index is 1.93. The summed E-state index contributed by atoms with van der Waals surface area (Å²) in [5, 5.41) is 3.35. The van der Waals surface area contributed by atoms with Gasteiger partial charge in [0.15, 0.2) is 0 Å². The first kappa shape index (κ1) is 19.4. The number of rotatable bonds is 5. The molecule has 0 radical (unpaired) electrons. The van der Waals surface area contributed by atoms with Gasteiger partial charge in [0, 0.05) is 63.6 Å². The van der Waals surface area contributed by atoms with E-state index in [1.54, 1.807) is 0 Å². The Morgan fingerprint density at radius 2 is 1.67 bits per heavy atom. The Morgan fingerprint density at radius 1 is 1.08 bits per heavy atom. The van der Waals surface area contributed by atoms with E-state index in [2.05, 4.69) is 10.2 Å². The smallest absolute Gasteiger partial charge is 0.226 e. The molecule has 2 atom stereocenters. The van der Waals surface area contributed by atoms with Crippen molar-refractivity contribution in [1.82, 2.24) is 15.1 Å². The lowest BCUT2D eigenvalue weighted by atomic mass is 9.70. The number of amides is 1. The van der Waals surface area contributed by atoms with Crippen LogP contribution in [-0.2, 0) is 9.59 Å². The lowest BCUT2D eigenvalue weighted by Gasteiger charge is -2.36. The van der Waals surface area contributed by atoms with E-state index in [-0.39, 0.29) is 28.9 Å². The van der Waals surface area contributed by atoms with Crippen LogP contribution in [0.1, 0.15) is 46.5 Å². The molecule has 24 heavy (non-hydrogen) atoms. The topological polar surface area (TPSA) is 52.6 Å². The molecule has 138 valence electrons. The van der Waals surface area contributed by atoms with Gasteiger partial charge >= 0.3 is 0 Å². The standard InChI is InChI=1S/C19H35N3O2/c1-19(2,3)17(23)15-7-5-6-8-16(15)18(24)21(4)13-14-22-11-9-20-10-12-22/h15-16,20H,5-14H2,1-4H3/t15-,16+/m1/s1. The van der Waals surface area contributed by atoms with E-state index in [0.29, 0.717) is 0 Å². The first-order valence-electron chi connectivity index (χ1n) is 9.53. The van der Waals surface area contributed by atoms with Crippen LogP contribution in [0.5, 0.6) is 0 Å². The fraction of sp³-hybridized carbons (Fsp3) is 0.895. The molecule has 0 spiro atoms. The van der Waals surface area contributed by atoms with Gasteiger partial charge in [-0.2, -0.15) is 0 Å². The molecule has 0 unspecified atom stereocenters. The number of nitrogens with one attached hydrogen (secondary N) is 1. The van der Waals surface area contributed by atoms with E-state index < -0.39 is 0 Å². The van der Waals surface area contributed by atoms with Crippen LogP contribution >= 0.6 is 0 Å². The van der Waals surface area contributed by atoms with Crippen molar-refractivity contribution in [3.63, 3.8) is 0 Å². The van der Waals surface area contributed by atoms with Gasteiger partial charge in [-0.3, -0.25) is 14.5 Å². The summed E-state index contributed by atoms with van der Waals surface area (Å²) in [4.78, 5) is 30.0. The zero-order valence-electron chi connectivity index (χ0n) is 15.9. The van der Waals surface area contributed by atoms with Crippen LogP contribution in [0.3, 0.4) is 0 Å². The minimum absolute atomic E-state index is 0.0899. The first-order valence-corrected chi connectivity index (χ1v) is 9.53. The molecular formula is C19H35N3O2. The number of ketones is 1. The number of nitrogens with zero attached hydrogens (tertiary/aromatic N) is 2. The molecular weight excluding hydrogens is 302 g/mol. The van der Waals surface area contributed by atoms with Crippen LogP contribution in [0.25, 0.3) is 0 Å². The number of piperazine rings is 1. The molecule has 0 aromatic carbocycles. The third-order valence-corrected chi connectivity index (χ3v) is 5.50. The van der Waals surface area contributed by atoms with Gasteiger partial charge < -0.3 is 10.2 Å². The highest BCUT2D eigenvalue weighted by atomic mass is 16.2. The summed E-state index contributed by atoms with van der Waals surface area (Å²) >= 11 is 0. The van der Waals surface area contributed by atoms with Crippen LogP contribution in [-0.4, -0.2) is 67.8 Å². The summed E-state index contributed by atoms with van der Waals surface area (Å²) in [5.41, 5.74) is -0.361. The normalized spacial score (nSPS) is 26.2. The highest BCUT2D eigenvalue weighted by Gasteiger charge is 2.40. The molecule has 2 fully saturated rings. The highest BCUT2D eigenvalue weighted by molar-refractivity contribution is 5.91. The molecule has 5 nitrogen and oxygen atoms in total. The largest absolute Gasteiger partial charge is 0.344 e. The van der Waals surface area contributed by atoms with E-state index in [0.717, 1.165) is 65.0 Å². The Kier molecular flexibility index (Phi) is 6.81. The van der Waals surface area contributed by atoms with Crippen LogP contribution in [0.4, 0.5) is 0 Å². The average molecular weight is 338 g/mol. The molecule has 5 heteroatoms. The van der Waals surface area contributed by atoms with Gasteiger partial charge in [-0.05, 0) is 12.8 Å². The first-order chi connectivity index (χ1) is 11.3. The monoisotopic (exact) mass is 337 g/mol. The summed E-state index contributed by atoms with van der Waals surface area (Å²) in [6.07, 6.45) is 3.87. The Hall–Kier alpha value is -0.940. The molecule has 1 N–H and O–H groups in total. The molecule has 1 saturated carbocycles. The molecule has 1 aliphatic carbocycles. The third kappa shape index (κ3) is 5.03. The van der Waals surface area contributed by atoms with Crippen LogP contribution in [0.2, 0.25) is 0 Å². The van der Waals surface area contributed by atoms with Crippen molar-refractivity contribution >= 4 is 11.7 Å². The fourth-order valence-corrected chi connectivity index (χ4v) is 3.92. The second kappa shape index (κ2) is 8.43. The van der Waals surface area contributed by atoms with Crippen molar-refractivity contribution < 1.29 is 9.59 Å². The summed E-state index contributed by atoms with van der Waals surface area (Å²) in [7, 11) is 1.90. The van der Waals surface area contributed by atoms with Gasteiger partial charge in [0.2, 0.25) is 5.91 Å². The molecule has 2 aliphatic rings. The summed E-state index contributed by atoms with van der Waals surface area (Å²) in [5.74, 6) is 0.231. The number of hydrogen-bond acceptors (Lipinski definition) is 4. The van der Waals surface area contributed by atoms with Crippen molar-refractivity contribution in [3.05, 3.63) is 0 Å². The Morgan fingerprint density at radius 3 is 2.25 bits per heavy atom. The van der Waals surface area contributed by atoms with E-state index in [4.69, 9.17) is 0 Å². The second-order valence-electron chi connectivity index (χ2n) is 8.46. The zero-order chi connectivity index (χ0) is 17.7. The summed E-state index contributed by atoms with van der Waals surface area (Å²) in [6.45, 7) is 11.8. The number of carbonyl (C=O) groups excluding carboxylic acids is 2. The number of hydrogen-bond donors (Lipinski definition) is 1. The minimum Gasteiger partial charge on any atom is -0.344 e. The van der Waals surface area contributed by atoms with E-state index in [9.17, 15) is 9.59 Å². The predicted octanol–water partition coefficient (Wildman–Crippen LogP) is 1.77. The van der Waals surface area contributed by atoms with Gasteiger partial charge in [-0.1, -0.05) is 33.6 Å². The van der Waals surface area contributed by atoms with Crippen molar-refractivity contribution in [1.29, 1.82) is 0 Å². The molecule has 1 heterocycles. The Bertz CT molecular complexity index is 438. The van der Waals surface area contributed by atoms with Gasteiger partial charge in [0.1, 0.15) is 5.78 Å². The van der Waals surface area contributed by atoms with E-state index in [1.807, 2.05) is 32.7 Å². The highest BCUT2D eigenvalue weighted by Crippen LogP contribution is 2.36. The molecule has 2 rings (SSSR count). The molecule has 1 saturated heterocycles. The lowest BCUT2D eigenvalue weighted by molar-refractivity contribution is -0.144. The lowest BCUT2D eigenvalue weighted by Crippen LogP contribution is -2.48. The number of Topliss-reactive ketones (excluding diaryl/α,β-unsaturated/α-hetero) is 1. The number of carbonyl (C=O) groups is 2. The van der Waals surface area contributed by atoms with Crippen LogP contribution in [0, 0.1) is 17.3 Å². The van der Waals surface area contributed by atoms with Crippen molar-refractivity contribution in [2.45, 2.75) is 46.5 Å². The van der Waals surface area contributed by atoms with Gasteiger partial charge in [-0.15, -0.1) is 0 Å². The Labute approximate surface area is 147 Å². The predicted molar refractivity (Wildman–Crippen MR) is 96.9 cm³/mol. The van der Waals surface area contributed by atoms with Crippen LogP contribution in [0.15, 0.2) is 0 Å². The summed E-state index contributed by atoms with van der Waals surface area (Å²) < 4.78 is 0. The number of likely N-dealkylation sites (N-methyl/N-ethyl adjacent to an activating group) is 1. The molecule has 1 amide bonds. The summed E-state index contributed by atoms with van der Waals surface area (Å²) in [6, 6.07) is 0. The molecule has 0 bridgehead atoms. The molecule has 0 aromatic rings. The van der Waals surface area contributed by atoms with Gasteiger partial charge in [0.05, 0.1) is 0 Å². The van der Waals surface area contributed by atoms with Crippen molar-refractivity contribution in [2.75, 3.05) is 46.3 Å². The van der Waals surface area contributed by atoms with Crippen molar-refractivity contribution in [2.24, 2.45) is 17.3 Å². The quantitative estimate of drug-likeness (QED) is 0.831. The van der Waals surface area contributed by atoms with Crippen LogP contribution < -0.4 is 5.32 Å². The maximum atomic E-state index is 13.0.